The van der Waals surface area contributed by atoms with Gasteiger partial charge in [-0.2, -0.15) is 4.57 Å². The number of rotatable bonds is 0. The van der Waals surface area contributed by atoms with Crippen LogP contribution >= 0.6 is 11.3 Å². The van der Waals surface area contributed by atoms with Crippen molar-refractivity contribution in [2.45, 2.75) is 6.54 Å². The second kappa shape index (κ2) is 3.25. The third-order valence-corrected chi connectivity index (χ3v) is 4.91. The Bertz CT molecular complexity index is 948. The van der Waals surface area contributed by atoms with Crippen LogP contribution in [0.5, 0.6) is 0 Å². The minimum Gasteiger partial charge on any atom is -0.439 e. The van der Waals surface area contributed by atoms with E-state index >= 15 is 0 Å². The van der Waals surface area contributed by atoms with Gasteiger partial charge >= 0.3 is 0 Å². The number of benzene rings is 2. The standard InChI is InChI=1S/C16H10NOS/c1-2-6-11-10(5-1)9-17-14-12-7-3-4-8-13(12)18-16(14)19-15(11)17/h1-8H,9H2/q+1. The van der Waals surface area contributed by atoms with Gasteiger partial charge in [0.25, 0.3) is 15.4 Å². The van der Waals surface area contributed by atoms with Crippen molar-refractivity contribution in [2.75, 3.05) is 0 Å². The van der Waals surface area contributed by atoms with E-state index in [0.29, 0.717) is 0 Å². The Balaban J connectivity index is 1.94. The van der Waals surface area contributed by atoms with Crippen LogP contribution < -0.4 is 4.57 Å². The monoisotopic (exact) mass is 264 g/mol. The van der Waals surface area contributed by atoms with E-state index < -0.39 is 0 Å². The maximum Gasteiger partial charge on any atom is 0.273 e. The predicted octanol–water partition coefficient (Wildman–Crippen LogP) is 3.96. The Morgan fingerprint density at radius 2 is 1.84 bits per heavy atom. The molecule has 0 N–H and O–H groups in total. The van der Waals surface area contributed by atoms with E-state index in [1.165, 1.54) is 27.0 Å². The van der Waals surface area contributed by atoms with Gasteiger partial charge in [0.1, 0.15) is 5.58 Å². The van der Waals surface area contributed by atoms with Gasteiger partial charge in [0, 0.05) is 5.56 Å². The van der Waals surface area contributed by atoms with Crippen LogP contribution in [0.4, 0.5) is 0 Å². The number of furan rings is 1. The lowest BCUT2D eigenvalue weighted by Gasteiger charge is -1.89. The molecule has 90 valence electrons. The molecule has 4 aromatic rings. The summed E-state index contributed by atoms with van der Waals surface area (Å²) < 4.78 is 8.35. The first kappa shape index (κ1) is 9.75. The molecular formula is C16H10NOS+. The van der Waals surface area contributed by atoms with Crippen LogP contribution in [0, 0.1) is 0 Å². The summed E-state index contributed by atoms with van der Waals surface area (Å²) in [5, 5.41) is 2.53. The topological polar surface area (TPSA) is 17.0 Å². The summed E-state index contributed by atoms with van der Waals surface area (Å²) in [4.78, 5) is 1.03. The van der Waals surface area contributed by atoms with Gasteiger partial charge in [0.05, 0.1) is 10.9 Å². The Morgan fingerprint density at radius 1 is 1.00 bits per heavy atom. The van der Waals surface area contributed by atoms with E-state index in [-0.39, 0.29) is 0 Å². The van der Waals surface area contributed by atoms with Crippen molar-refractivity contribution in [3.8, 4) is 10.6 Å². The summed E-state index contributed by atoms with van der Waals surface area (Å²) in [5.74, 6) is 0. The van der Waals surface area contributed by atoms with Crippen LogP contribution in [0.25, 0.3) is 32.0 Å². The van der Waals surface area contributed by atoms with Gasteiger partial charge in [0.15, 0.2) is 6.54 Å². The number of para-hydroxylation sites is 1. The lowest BCUT2D eigenvalue weighted by molar-refractivity contribution is -0.641. The summed E-state index contributed by atoms with van der Waals surface area (Å²) in [6.07, 6.45) is 0. The molecule has 2 aromatic carbocycles. The fourth-order valence-electron chi connectivity index (χ4n) is 2.97. The zero-order valence-corrected chi connectivity index (χ0v) is 10.9. The fraction of sp³-hybridized carbons (Fsp3) is 0.0625. The lowest BCUT2D eigenvalue weighted by atomic mass is 10.1. The lowest BCUT2D eigenvalue weighted by Crippen LogP contribution is -2.30. The highest BCUT2D eigenvalue weighted by molar-refractivity contribution is 7.20. The van der Waals surface area contributed by atoms with Crippen molar-refractivity contribution >= 4 is 32.7 Å². The van der Waals surface area contributed by atoms with Gasteiger partial charge in [-0.1, -0.05) is 30.3 Å². The SMILES string of the molecule is c1ccc2c(c1)C[n+]1c-2sc2oc3ccccc3c21. The molecule has 3 heteroatoms. The van der Waals surface area contributed by atoms with Gasteiger partial charge < -0.3 is 4.42 Å². The van der Waals surface area contributed by atoms with E-state index in [2.05, 4.69) is 41.0 Å². The Hall–Kier alpha value is -2.13. The summed E-state index contributed by atoms with van der Waals surface area (Å²) in [6.45, 7) is 0.953. The van der Waals surface area contributed by atoms with Gasteiger partial charge in [-0.3, -0.25) is 0 Å². The highest BCUT2D eigenvalue weighted by atomic mass is 32.1. The molecule has 19 heavy (non-hydrogen) atoms. The number of aromatic nitrogens is 1. The van der Waals surface area contributed by atoms with E-state index in [9.17, 15) is 0 Å². The van der Waals surface area contributed by atoms with Crippen LogP contribution in [0.3, 0.4) is 0 Å². The van der Waals surface area contributed by atoms with E-state index in [4.69, 9.17) is 4.42 Å². The van der Waals surface area contributed by atoms with Gasteiger partial charge in [-0.25, -0.2) is 0 Å². The minimum absolute atomic E-state index is 0.953. The highest BCUT2D eigenvalue weighted by Gasteiger charge is 2.34. The molecule has 0 unspecified atom stereocenters. The Morgan fingerprint density at radius 3 is 2.84 bits per heavy atom. The molecule has 0 atom stereocenters. The third-order valence-electron chi connectivity index (χ3n) is 3.82. The van der Waals surface area contributed by atoms with Crippen molar-refractivity contribution in [3.63, 3.8) is 0 Å². The van der Waals surface area contributed by atoms with Crippen molar-refractivity contribution in [3.05, 3.63) is 54.1 Å². The first-order valence-corrected chi connectivity index (χ1v) is 7.15. The van der Waals surface area contributed by atoms with Crippen LogP contribution in [0.2, 0.25) is 0 Å². The molecule has 2 aromatic heterocycles. The fourth-order valence-corrected chi connectivity index (χ4v) is 4.17. The number of thiazole rings is 1. The van der Waals surface area contributed by atoms with Gasteiger partial charge in [-0.05, 0) is 29.5 Å². The average molecular weight is 264 g/mol. The molecule has 1 aliphatic heterocycles. The predicted molar refractivity (Wildman–Crippen MR) is 76.3 cm³/mol. The summed E-state index contributed by atoms with van der Waals surface area (Å²) >= 11 is 1.75. The van der Waals surface area contributed by atoms with E-state index in [0.717, 1.165) is 17.0 Å². The molecule has 0 amide bonds. The number of hydrogen-bond acceptors (Lipinski definition) is 2. The van der Waals surface area contributed by atoms with Crippen molar-refractivity contribution in [2.24, 2.45) is 0 Å². The van der Waals surface area contributed by atoms with Crippen molar-refractivity contribution < 1.29 is 8.98 Å². The Kier molecular flexibility index (Phi) is 1.67. The zero-order chi connectivity index (χ0) is 12.4. The van der Waals surface area contributed by atoms with Gasteiger partial charge in [-0.15, -0.1) is 0 Å². The molecule has 0 saturated heterocycles. The summed E-state index contributed by atoms with van der Waals surface area (Å²) in [6, 6.07) is 16.9. The van der Waals surface area contributed by atoms with Crippen LogP contribution in [-0.4, -0.2) is 0 Å². The molecule has 0 bridgehead atoms. The second-order valence-electron chi connectivity index (χ2n) is 4.88. The normalized spacial score (nSPS) is 13.1. The van der Waals surface area contributed by atoms with Gasteiger partial charge in [0.2, 0.25) is 0 Å². The van der Waals surface area contributed by atoms with Crippen molar-refractivity contribution in [1.29, 1.82) is 0 Å². The number of fused-ring (bicyclic) bond motifs is 7. The summed E-state index contributed by atoms with van der Waals surface area (Å²) in [5.41, 5.74) is 4.98. The van der Waals surface area contributed by atoms with Crippen LogP contribution in [-0.2, 0) is 6.54 Å². The molecule has 2 nitrogen and oxygen atoms in total. The minimum atomic E-state index is 0.953. The van der Waals surface area contributed by atoms with Crippen LogP contribution in [0.1, 0.15) is 5.56 Å². The average Bonchev–Trinajstić information content (AvgIpc) is 3.05. The van der Waals surface area contributed by atoms with E-state index in [1.807, 2.05) is 12.1 Å². The quantitative estimate of drug-likeness (QED) is 0.387. The van der Waals surface area contributed by atoms with E-state index in [1.54, 1.807) is 11.3 Å². The third kappa shape index (κ3) is 1.13. The molecule has 1 aliphatic rings. The first-order valence-electron chi connectivity index (χ1n) is 6.34. The molecule has 0 fully saturated rings. The first-order chi connectivity index (χ1) is 9.42. The highest BCUT2D eigenvalue weighted by Crippen LogP contribution is 2.39. The molecule has 0 spiro atoms. The molecule has 0 radical (unpaired) electrons. The smallest absolute Gasteiger partial charge is 0.273 e. The maximum atomic E-state index is 5.96. The molecule has 5 rings (SSSR count). The van der Waals surface area contributed by atoms with Crippen molar-refractivity contribution in [1.82, 2.24) is 0 Å². The largest absolute Gasteiger partial charge is 0.439 e. The summed E-state index contributed by atoms with van der Waals surface area (Å²) in [7, 11) is 0. The number of nitrogens with zero attached hydrogens (tertiary/aromatic N) is 1. The zero-order valence-electron chi connectivity index (χ0n) is 10.1. The Labute approximate surface area is 113 Å². The number of hydrogen-bond donors (Lipinski definition) is 0. The second-order valence-corrected chi connectivity index (χ2v) is 5.85. The van der Waals surface area contributed by atoms with Crippen LogP contribution in [0.15, 0.2) is 52.9 Å². The molecular weight excluding hydrogens is 254 g/mol. The molecule has 0 saturated carbocycles. The maximum absolute atomic E-state index is 5.96. The molecule has 0 aliphatic carbocycles. The molecule has 3 heterocycles.